The highest BCUT2D eigenvalue weighted by molar-refractivity contribution is 6.43. The number of nitrogens with zero attached hydrogens (tertiary/aromatic N) is 3. The molecule has 0 atom stereocenters. The van der Waals surface area contributed by atoms with Gasteiger partial charge in [0.1, 0.15) is 17.2 Å². The minimum absolute atomic E-state index is 0.383. The van der Waals surface area contributed by atoms with Crippen LogP contribution >= 0.6 is 0 Å². The second kappa shape index (κ2) is 9.54. The molecular formula is C28H27N3O4. The van der Waals surface area contributed by atoms with E-state index < -0.39 is 11.7 Å². The van der Waals surface area contributed by atoms with E-state index in [-0.39, 0.29) is 0 Å². The maximum Gasteiger partial charge on any atom is 0.296 e. The number of methoxy groups -OCH3 is 2. The number of rotatable bonds is 6. The van der Waals surface area contributed by atoms with Crippen molar-refractivity contribution < 1.29 is 19.1 Å². The Kier molecular flexibility index (Phi) is 6.14. The van der Waals surface area contributed by atoms with Crippen molar-refractivity contribution in [3.05, 3.63) is 84.7 Å². The van der Waals surface area contributed by atoms with Gasteiger partial charge in [0.25, 0.3) is 11.7 Å². The van der Waals surface area contributed by atoms with E-state index in [0.29, 0.717) is 31.9 Å². The molecule has 0 spiro atoms. The van der Waals surface area contributed by atoms with Crippen molar-refractivity contribution in [1.29, 1.82) is 0 Å². The number of carbonyl (C=O) groups is 2. The van der Waals surface area contributed by atoms with Crippen molar-refractivity contribution in [1.82, 2.24) is 9.30 Å². The maximum absolute atomic E-state index is 13.6. The number of aromatic nitrogens is 1. The lowest BCUT2D eigenvalue weighted by Gasteiger charge is -2.35. The van der Waals surface area contributed by atoms with Crippen molar-refractivity contribution in [2.75, 3.05) is 45.3 Å². The maximum atomic E-state index is 13.6. The van der Waals surface area contributed by atoms with Gasteiger partial charge in [-0.1, -0.05) is 18.2 Å². The van der Waals surface area contributed by atoms with Crippen molar-refractivity contribution >= 4 is 22.9 Å². The fraction of sp³-hybridized carbons (Fsp3) is 0.214. The zero-order valence-electron chi connectivity index (χ0n) is 19.8. The number of pyridine rings is 1. The van der Waals surface area contributed by atoms with Crippen LogP contribution in [0.15, 0.2) is 79.0 Å². The van der Waals surface area contributed by atoms with Gasteiger partial charge in [0, 0.05) is 49.1 Å². The first-order valence-electron chi connectivity index (χ1n) is 11.6. The molecule has 0 aliphatic carbocycles. The third-order valence-electron chi connectivity index (χ3n) is 6.49. The summed E-state index contributed by atoms with van der Waals surface area (Å²) in [6, 6.07) is 23.0. The Hall–Kier alpha value is -4.26. The Morgan fingerprint density at radius 3 is 2.03 bits per heavy atom. The molecule has 0 radical (unpaired) electrons. The van der Waals surface area contributed by atoms with E-state index in [1.165, 1.54) is 0 Å². The standard InChI is InChI=1S/C28H27N3O4/c1-34-23-10-6-20(7-11-23)25-19-22-5-3-4-14-31(22)26(25)27(32)28(33)30-17-15-29(16-18-30)21-8-12-24(35-2)13-9-21/h3-14,19H,15-18H2,1-2H3. The molecule has 35 heavy (non-hydrogen) atoms. The van der Waals surface area contributed by atoms with Crippen LogP contribution in [-0.4, -0.2) is 61.4 Å². The molecule has 7 nitrogen and oxygen atoms in total. The Morgan fingerprint density at radius 1 is 0.771 bits per heavy atom. The normalized spacial score (nSPS) is 13.7. The summed E-state index contributed by atoms with van der Waals surface area (Å²) < 4.78 is 12.3. The molecule has 7 heteroatoms. The molecule has 2 aromatic heterocycles. The van der Waals surface area contributed by atoms with Gasteiger partial charge in [-0.3, -0.25) is 9.59 Å². The molecule has 1 aliphatic rings. The highest BCUT2D eigenvalue weighted by atomic mass is 16.5. The van der Waals surface area contributed by atoms with Crippen molar-refractivity contribution in [2.24, 2.45) is 0 Å². The van der Waals surface area contributed by atoms with Crippen LogP contribution in [0, 0.1) is 0 Å². The van der Waals surface area contributed by atoms with Crippen LogP contribution in [0.4, 0.5) is 5.69 Å². The van der Waals surface area contributed by atoms with Crippen LogP contribution in [0.3, 0.4) is 0 Å². The molecule has 1 aliphatic heterocycles. The lowest BCUT2D eigenvalue weighted by molar-refractivity contribution is -0.126. The van der Waals surface area contributed by atoms with Gasteiger partial charge in [0.15, 0.2) is 0 Å². The van der Waals surface area contributed by atoms with Gasteiger partial charge >= 0.3 is 0 Å². The number of ether oxygens (including phenoxy) is 2. The molecule has 5 rings (SSSR count). The van der Waals surface area contributed by atoms with Gasteiger partial charge in [-0.25, -0.2) is 0 Å². The van der Waals surface area contributed by atoms with E-state index in [1.54, 1.807) is 23.5 Å². The zero-order valence-corrected chi connectivity index (χ0v) is 19.8. The van der Waals surface area contributed by atoms with Crippen LogP contribution in [0.2, 0.25) is 0 Å². The molecule has 0 N–H and O–H groups in total. The van der Waals surface area contributed by atoms with Crippen molar-refractivity contribution in [2.45, 2.75) is 0 Å². The number of amides is 1. The first-order chi connectivity index (χ1) is 17.1. The third-order valence-corrected chi connectivity index (χ3v) is 6.49. The van der Waals surface area contributed by atoms with Crippen LogP contribution in [0.5, 0.6) is 11.5 Å². The first-order valence-corrected chi connectivity index (χ1v) is 11.6. The van der Waals surface area contributed by atoms with Gasteiger partial charge in [-0.05, 0) is 60.2 Å². The van der Waals surface area contributed by atoms with Gasteiger partial charge in [-0.2, -0.15) is 0 Å². The van der Waals surface area contributed by atoms with Crippen LogP contribution < -0.4 is 14.4 Å². The SMILES string of the molecule is COc1ccc(-c2cc3ccccn3c2C(=O)C(=O)N2CCN(c3ccc(OC)cc3)CC2)cc1. The molecule has 3 heterocycles. The second-order valence-electron chi connectivity index (χ2n) is 8.44. The molecule has 1 fully saturated rings. The van der Waals surface area contributed by atoms with Crippen LogP contribution in [0.25, 0.3) is 16.6 Å². The quantitative estimate of drug-likeness (QED) is 0.314. The molecule has 0 saturated carbocycles. The fourth-order valence-corrected chi connectivity index (χ4v) is 4.55. The smallest absolute Gasteiger partial charge is 0.296 e. The van der Waals surface area contributed by atoms with E-state index in [0.717, 1.165) is 33.8 Å². The topological polar surface area (TPSA) is 63.5 Å². The highest BCUT2D eigenvalue weighted by Crippen LogP contribution is 2.30. The molecule has 178 valence electrons. The highest BCUT2D eigenvalue weighted by Gasteiger charge is 2.30. The monoisotopic (exact) mass is 469 g/mol. The van der Waals surface area contributed by atoms with Gasteiger partial charge < -0.3 is 23.7 Å². The average Bonchev–Trinajstić information content (AvgIpc) is 3.32. The summed E-state index contributed by atoms with van der Waals surface area (Å²) in [6.45, 7) is 2.28. The summed E-state index contributed by atoms with van der Waals surface area (Å²) in [5.74, 6) is 0.564. The van der Waals surface area contributed by atoms with Gasteiger partial charge in [-0.15, -0.1) is 0 Å². The number of carbonyl (C=O) groups excluding carboxylic acids is 2. The van der Waals surface area contributed by atoms with E-state index in [1.807, 2.05) is 79.0 Å². The number of benzene rings is 2. The molecule has 4 aromatic rings. The summed E-state index contributed by atoms with van der Waals surface area (Å²) in [7, 11) is 3.26. The number of hydrogen-bond acceptors (Lipinski definition) is 5. The lowest BCUT2D eigenvalue weighted by Crippen LogP contribution is -2.50. The summed E-state index contributed by atoms with van der Waals surface area (Å²) in [6.07, 6.45) is 1.82. The number of piperazine rings is 1. The first kappa shape index (κ1) is 22.5. The molecule has 0 unspecified atom stereocenters. The summed E-state index contributed by atoms with van der Waals surface area (Å²) >= 11 is 0. The van der Waals surface area contributed by atoms with E-state index in [2.05, 4.69) is 4.90 Å². The minimum Gasteiger partial charge on any atom is -0.497 e. The number of anilines is 1. The van der Waals surface area contributed by atoms with E-state index in [9.17, 15) is 9.59 Å². The van der Waals surface area contributed by atoms with Crippen molar-refractivity contribution in [3.8, 4) is 22.6 Å². The molecular weight excluding hydrogens is 442 g/mol. The number of ketones is 1. The fourth-order valence-electron chi connectivity index (χ4n) is 4.55. The third kappa shape index (κ3) is 4.33. The van der Waals surface area contributed by atoms with Crippen molar-refractivity contribution in [3.63, 3.8) is 0 Å². The average molecular weight is 470 g/mol. The number of Topliss-reactive ketones (excluding diaryl/α,β-unsaturated/α-hetero) is 1. The Labute approximate surface area is 204 Å². The van der Waals surface area contributed by atoms with E-state index in [4.69, 9.17) is 9.47 Å². The molecule has 0 bridgehead atoms. The summed E-state index contributed by atoms with van der Waals surface area (Å²) in [4.78, 5) is 30.8. The predicted molar refractivity (Wildman–Crippen MR) is 136 cm³/mol. The Balaban J connectivity index is 1.38. The minimum atomic E-state index is -0.500. The summed E-state index contributed by atoms with van der Waals surface area (Å²) in [5, 5.41) is 0. The molecule has 2 aromatic carbocycles. The van der Waals surface area contributed by atoms with Crippen LogP contribution in [-0.2, 0) is 4.79 Å². The zero-order chi connectivity index (χ0) is 24.4. The number of fused-ring (bicyclic) bond motifs is 1. The largest absolute Gasteiger partial charge is 0.497 e. The lowest BCUT2D eigenvalue weighted by atomic mass is 10.0. The van der Waals surface area contributed by atoms with Gasteiger partial charge in [0.05, 0.1) is 14.2 Å². The second-order valence-corrected chi connectivity index (χ2v) is 8.44. The Bertz CT molecular complexity index is 1350. The predicted octanol–water partition coefficient (Wildman–Crippen LogP) is 4.16. The van der Waals surface area contributed by atoms with Crippen LogP contribution in [0.1, 0.15) is 10.5 Å². The number of hydrogen-bond donors (Lipinski definition) is 0. The molecule has 1 saturated heterocycles. The van der Waals surface area contributed by atoms with E-state index >= 15 is 0 Å². The Morgan fingerprint density at radius 2 is 1.40 bits per heavy atom. The summed E-state index contributed by atoms with van der Waals surface area (Å²) in [5.41, 5.74) is 3.90. The van der Waals surface area contributed by atoms with Gasteiger partial charge in [0.2, 0.25) is 0 Å². The molecule has 1 amide bonds.